The molecule has 4 heteroatoms. The Labute approximate surface area is 325 Å². The molecule has 53 heavy (non-hydrogen) atoms. The molecule has 0 spiro atoms. The van der Waals surface area contributed by atoms with Crippen LogP contribution in [-0.4, -0.2) is 6.71 Å². The Kier molecular flexibility index (Phi) is 8.81. The average Bonchev–Trinajstić information content (AvgIpc) is 3.37. The number of thiophene rings is 1. The van der Waals surface area contributed by atoms with Crippen LogP contribution in [0.5, 0.6) is 0 Å². The second-order valence-corrected chi connectivity index (χ2v) is 21.1. The van der Waals surface area contributed by atoms with Crippen LogP contribution in [0.2, 0.25) is 0 Å². The third-order valence-electron chi connectivity index (χ3n) is 11.6. The molecular formula is C49H59BN2S. The molecule has 0 saturated carbocycles. The zero-order chi connectivity index (χ0) is 38.6. The minimum atomic E-state index is 0.0199. The molecule has 1 aromatic heterocycles. The lowest BCUT2D eigenvalue weighted by molar-refractivity contribution is 0.508. The molecular weight excluding hydrogens is 659 g/mol. The maximum absolute atomic E-state index is 2.61. The molecule has 0 unspecified atom stereocenters. The van der Waals surface area contributed by atoms with Crippen LogP contribution in [0.3, 0.4) is 0 Å². The molecule has 0 N–H and O–H groups in total. The molecule has 0 atom stereocenters. The van der Waals surface area contributed by atoms with Crippen LogP contribution in [0.4, 0.5) is 34.1 Å². The standard InChI is InChI=1S/C49H59BN2S/c1-30-26-41-43-42(27-30)52(37-23-18-34(19-24-37)48(10,11)12)44-38(28-31(2)46(4,5)6)32(3)53-45(44)50(43)39-29-35(49(13,14)15)20-25-40(39)51(41)36-21-16-33(17-22-36)47(7,8)9/h16-29H,1-15H3/b31-28+. The summed E-state index contributed by atoms with van der Waals surface area (Å²) >= 11 is 1.99. The molecule has 0 radical (unpaired) electrons. The van der Waals surface area contributed by atoms with Gasteiger partial charge in [0.2, 0.25) is 0 Å². The van der Waals surface area contributed by atoms with Crippen LogP contribution in [0.15, 0.2) is 84.4 Å². The van der Waals surface area contributed by atoms with E-state index in [-0.39, 0.29) is 28.4 Å². The number of anilines is 6. The van der Waals surface area contributed by atoms with Gasteiger partial charge >= 0.3 is 0 Å². The normalized spacial score (nSPS) is 14.7. The highest BCUT2D eigenvalue weighted by Gasteiger charge is 2.46. The van der Waals surface area contributed by atoms with Gasteiger partial charge in [0.25, 0.3) is 6.71 Å². The smallest absolute Gasteiger partial charge is 0.264 e. The third-order valence-corrected chi connectivity index (χ3v) is 12.8. The summed E-state index contributed by atoms with van der Waals surface area (Å²) in [5, 5.41) is 0. The number of aryl methyl sites for hydroxylation is 2. The molecule has 2 aliphatic heterocycles. The van der Waals surface area contributed by atoms with Crippen LogP contribution in [-0.2, 0) is 16.2 Å². The topological polar surface area (TPSA) is 6.48 Å². The van der Waals surface area contributed by atoms with Gasteiger partial charge in [0, 0.05) is 43.7 Å². The van der Waals surface area contributed by atoms with E-state index in [2.05, 4.69) is 199 Å². The lowest BCUT2D eigenvalue weighted by Crippen LogP contribution is -2.60. The van der Waals surface area contributed by atoms with E-state index >= 15 is 0 Å². The fourth-order valence-electron chi connectivity index (χ4n) is 7.92. The Bertz CT molecular complexity index is 2240. The first-order valence-corrected chi connectivity index (χ1v) is 20.3. The maximum atomic E-state index is 2.61. The molecule has 0 saturated heterocycles. The molecule has 274 valence electrons. The van der Waals surface area contributed by atoms with Gasteiger partial charge in [-0.05, 0) is 118 Å². The monoisotopic (exact) mass is 718 g/mol. The average molecular weight is 719 g/mol. The van der Waals surface area contributed by atoms with Crippen molar-refractivity contribution in [1.82, 2.24) is 0 Å². The summed E-state index contributed by atoms with van der Waals surface area (Å²) in [5.41, 5.74) is 18.7. The quantitative estimate of drug-likeness (QED) is 0.168. The number of rotatable bonds is 3. The molecule has 5 aromatic rings. The minimum Gasteiger partial charge on any atom is -0.311 e. The van der Waals surface area contributed by atoms with Gasteiger partial charge in [-0.2, -0.15) is 11.3 Å². The molecule has 2 nitrogen and oxygen atoms in total. The van der Waals surface area contributed by atoms with E-state index in [1.807, 2.05) is 11.3 Å². The van der Waals surface area contributed by atoms with Gasteiger partial charge in [-0.15, -0.1) is 0 Å². The minimum absolute atomic E-state index is 0.0199. The van der Waals surface area contributed by atoms with Crippen molar-refractivity contribution < 1.29 is 0 Å². The van der Waals surface area contributed by atoms with E-state index in [0.29, 0.717) is 0 Å². The van der Waals surface area contributed by atoms with Crippen molar-refractivity contribution in [1.29, 1.82) is 0 Å². The van der Waals surface area contributed by atoms with Crippen molar-refractivity contribution in [3.05, 3.63) is 117 Å². The predicted octanol–water partition coefficient (Wildman–Crippen LogP) is 12.8. The number of allylic oxidation sites excluding steroid dienone is 1. The molecule has 3 heterocycles. The highest BCUT2D eigenvalue weighted by atomic mass is 32.1. The highest BCUT2D eigenvalue weighted by Crippen LogP contribution is 2.49. The molecule has 0 fully saturated rings. The van der Waals surface area contributed by atoms with Crippen molar-refractivity contribution in [2.45, 2.75) is 120 Å². The Morgan fingerprint density at radius 1 is 0.585 bits per heavy atom. The van der Waals surface area contributed by atoms with Gasteiger partial charge in [-0.25, -0.2) is 0 Å². The maximum Gasteiger partial charge on any atom is 0.264 e. The van der Waals surface area contributed by atoms with Crippen LogP contribution >= 0.6 is 11.3 Å². The predicted molar refractivity (Wildman–Crippen MR) is 237 cm³/mol. The summed E-state index contributed by atoms with van der Waals surface area (Å²) in [6.45, 7) is 34.8. The largest absolute Gasteiger partial charge is 0.311 e. The highest BCUT2D eigenvalue weighted by molar-refractivity contribution is 7.29. The summed E-state index contributed by atoms with van der Waals surface area (Å²) in [7, 11) is 0. The first kappa shape index (κ1) is 37.3. The van der Waals surface area contributed by atoms with E-state index in [9.17, 15) is 0 Å². The number of hydrogen-bond acceptors (Lipinski definition) is 3. The summed E-state index contributed by atoms with van der Waals surface area (Å²) in [6, 6.07) is 30.9. The first-order valence-electron chi connectivity index (χ1n) is 19.5. The van der Waals surface area contributed by atoms with E-state index in [1.54, 1.807) is 0 Å². The SMILES string of the molecule is C/C(=C\c1c(C)sc2c1N(c1ccc(C(C)(C)C)cc1)c1cc(C)cc3c1B2c1cc(C(C)(C)C)ccc1N3c1ccc(C(C)(C)C)cc1)C(C)(C)C. The van der Waals surface area contributed by atoms with E-state index in [0.717, 1.165) is 0 Å². The lowest BCUT2D eigenvalue weighted by Gasteiger charge is -2.44. The Balaban J connectivity index is 1.59. The van der Waals surface area contributed by atoms with Gasteiger partial charge in [-0.1, -0.05) is 131 Å². The number of benzene rings is 4. The van der Waals surface area contributed by atoms with Crippen LogP contribution in [0, 0.1) is 19.3 Å². The van der Waals surface area contributed by atoms with Crippen LogP contribution in [0.1, 0.15) is 123 Å². The van der Waals surface area contributed by atoms with Crippen LogP contribution in [0.25, 0.3) is 6.08 Å². The molecule has 0 bridgehead atoms. The summed E-state index contributed by atoms with van der Waals surface area (Å²) in [6.07, 6.45) is 2.49. The molecule has 2 aliphatic rings. The first-order chi connectivity index (χ1) is 24.6. The Hall–Kier alpha value is -4.02. The summed E-state index contributed by atoms with van der Waals surface area (Å²) in [4.78, 5) is 6.53. The van der Waals surface area contributed by atoms with E-state index < -0.39 is 0 Å². The van der Waals surface area contributed by atoms with Crippen molar-refractivity contribution in [2.24, 2.45) is 5.41 Å². The molecule has 7 rings (SSSR count). The van der Waals surface area contributed by atoms with Gasteiger partial charge in [-0.3, -0.25) is 0 Å². The summed E-state index contributed by atoms with van der Waals surface area (Å²) in [5.74, 6) is 0. The zero-order valence-corrected chi connectivity index (χ0v) is 35.8. The van der Waals surface area contributed by atoms with Crippen molar-refractivity contribution in [2.75, 3.05) is 9.80 Å². The fraction of sp³-hybridized carbons (Fsp3) is 0.388. The van der Waals surface area contributed by atoms with Crippen molar-refractivity contribution in [3.63, 3.8) is 0 Å². The number of hydrogen-bond donors (Lipinski definition) is 0. The molecule has 0 amide bonds. The van der Waals surface area contributed by atoms with E-state index in [1.165, 1.54) is 88.1 Å². The lowest BCUT2D eigenvalue weighted by atomic mass is 9.36. The van der Waals surface area contributed by atoms with Gasteiger partial charge in [0.05, 0.1) is 5.69 Å². The van der Waals surface area contributed by atoms with Gasteiger partial charge < -0.3 is 9.80 Å². The van der Waals surface area contributed by atoms with Crippen molar-refractivity contribution in [3.8, 4) is 0 Å². The second kappa shape index (κ2) is 12.5. The fourth-order valence-corrected chi connectivity index (χ4v) is 9.18. The van der Waals surface area contributed by atoms with Crippen molar-refractivity contribution >= 4 is 74.0 Å². The Morgan fingerprint density at radius 3 is 1.55 bits per heavy atom. The molecule has 0 aliphatic carbocycles. The van der Waals surface area contributed by atoms with E-state index in [4.69, 9.17) is 0 Å². The van der Waals surface area contributed by atoms with Crippen LogP contribution < -0.4 is 25.5 Å². The number of fused-ring (bicyclic) bond motifs is 4. The second-order valence-electron chi connectivity index (χ2n) is 19.8. The summed E-state index contributed by atoms with van der Waals surface area (Å²) < 4.78 is 1.43. The van der Waals surface area contributed by atoms with Gasteiger partial charge in [0.1, 0.15) is 0 Å². The number of nitrogens with zero attached hydrogens (tertiary/aromatic N) is 2. The zero-order valence-electron chi connectivity index (χ0n) is 35.0. The van der Waals surface area contributed by atoms with Gasteiger partial charge in [0.15, 0.2) is 0 Å². The third kappa shape index (κ3) is 6.50. The Morgan fingerprint density at radius 2 is 1.06 bits per heavy atom. The molecule has 4 aromatic carbocycles.